The van der Waals surface area contributed by atoms with Gasteiger partial charge in [0.2, 0.25) is 0 Å². The first-order valence-electron chi connectivity index (χ1n) is 5.50. The third kappa shape index (κ3) is 2.32. The number of hydrogen-bond acceptors (Lipinski definition) is 4. The summed E-state index contributed by atoms with van der Waals surface area (Å²) in [7, 11) is 0. The first-order chi connectivity index (χ1) is 9.11. The van der Waals surface area contributed by atoms with Crippen LogP contribution in [0.2, 0.25) is 5.02 Å². The van der Waals surface area contributed by atoms with Gasteiger partial charge in [-0.3, -0.25) is 0 Å². The van der Waals surface area contributed by atoms with Crippen LogP contribution in [-0.2, 0) is 0 Å². The van der Waals surface area contributed by atoms with Gasteiger partial charge in [0, 0.05) is 10.7 Å². The van der Waals surface area contributed by atoms with Crippen molar-refractivity contribution in [3.05, 3.63) is 47.2 Å². The molecule has 0 saturated heterocycles. The molecular weight excluding hydrogens is 269 g/mol. The van der Waals surface area contributed by atoms with Gasteiger partial charge in [0.05, 0.1) is 5.69 Å². The highest BCUT2D eigenvalue weighted by atomic mass is 35.5. The van der Waals surface area contributed by atoms with Gasteiger partial charge in [0.1, 0.15) is 11.3 Å². The Bertz CT molecular complexity index is 736. The predicted octanol–water partition coefficient (Wildman–Crippen LogP) is 3.95. The Morgan fingerprint density at radius 2 is 2.11 bits per heavy atom. The Balaban J connectivity index is 1.99. The van der Waals surface area contributed by atoms with Crippen molar-refractivity contribution in [3.63, 3.8) is 0 Å². The van der Waals surface area contributed by atoms with Gasteiger partial charge < -0.3 is 15.5 Å². The van der Waals surface area contributed by atoms with Gasteiger partial charge in [-0.15, -0.1) is 0 Å². The highest BCUT2D eigenvalue weighted by Gasteiger charge is 2.09. The molecule has 0 radical (unpaired) electrons. The van der Waals surface area contributed by atoms with Crippen molar-refractivity contribution >= 4 is 40.1 Å². The summed E-state index contributed by atoms with van der Waals surface area (Å²) in [6.07, 6.45) is 0. The number of benzene rings is 2. The molecule has 0 spiro atoms. The van der Waals surface area contributed by atoms with Crippen LogP contribution in [0, 0.1) is 5.82 Å². The topological polar surface area (TPSA) is 64.1 Å². The molecule has 0 aliphatic heterocycles. The monoisotopic (exact) mass is 277 g/mol. The molecule has 0 aliphatic rings. The van der Waals surface area contributed by atoms with E-state index >= 15 is 0 Å². The second kappa shape index (κ2) is 4.44. The van der Waals surface area contributed by atoms with Gasteiger partial charge in [0.25, 0.3) is 6.01 Å². The van der Waals surface area contributed by atoms with Crippen LogP contribution in [0.4, 0.5) is 21.8 Å². The van der Waals surface area contributed by atoms with E-state index in [1.807, 2.05) is 0 Å². The van der Waals surface area contributed by atoms with Gasteiger partial charge in [-0.25, -0.2) is 4.39 Å². The third-order valence-electron chi connectivity index (χ3n) is 2.56. The Morgan fingerprint density at radius 3 is 2.84 bits per heavy atom. The standard InChI is InChI=1S/C13H9ClFN3O/c14-7-4-8(15)6-9(5-7)17-13-18-12-10(16)2-1-3-11(12)19-13/h1-6H,16H2,(H,17,18). The number of halogens is 2. The molecule has 4 nitrogen and oxygen atoms in total. The first kappa shape index (κ1) is 11.8. The van der Waals surface area contributed by atoms with E-state index in [2.05, 4.69) is 10.3 Å². The van der Waals surface area contributed by atoms with Crippen LogP contribution >= 0.6 is 11.6 Å². The second-order valence-electron chi connectivity index (χ2n) is 4.00. The number of hydrogen-bond donors (Lipinski definition) is 2. The van der Waals surface area contributed by atoms with Crippen molar-refractivity contribution in [1.82, 2.24) is 4.98 Å². The molecule has 0 amide bonds. The van der Waals surface area contributed by atoms with Crippen molar-refractivity contribution in [2.75, 3.05) is 11.1 Å². The Morgan fingerprint density at radius 1 is 1.26 bits per heavy atom. The molecular formula is C13H9ClFN3O. The number of nitrogens with two attached hydrogens (primary N) is 1. The first-order valence-corrected chi connectivity index (χ1v) is 5.88. The molecule has 0 atom stereocenters. The Hall–Kier alpha value is -2.27. The zero-order valence-electron chi connectivity index (χ0n) is 9.65. The van der Waals surface area contributed by atoms with Gasteiger partial charge in [-0.1, -0.05) is 17.7 Å². The highest BCUT2D eigenvalue weighted by Crippen LogP contribution is 2.27. The average molecular weight is 278 g/mol. The van der Waals surface area contributed by atoms with Crippen molar-refractivity contribution in [3.8, 4) is 0 Å². The second-order valence-corrected chi connectivity index (χ2v) is 4.43. The lowest BCUT2D eigenvalue weighted by molar-refractivity contribution is 0.620. The van der Waals surface area contributed by atoms with Gasteiger partial charge in [-0.2, -0.15) is 4.98 Å². The molecule has 0 bridgehead atoms. The molecule has 0 unspecified atom stereocenters. The fourth-order valence-corrected chi connectivity index (χ4v) is 1.99. The van der Waals surface area contributed by atoms with E-state index in [-0.39, 0.29) is 11.0 Å². The number of nitrogens with zero attached hydrogens (tertiary/aromatic N) is 1. The molecule has 3 rings (SSSR count). The SMILES string of the molecule is Nc1cccc2oc(Nc3cc(F)cc(Cl)c3)nc12. The van der Waals surface area contributed by atoms with E-state index in [0.717, 1.165) is 0 Å². The lowest BCUT2D eigenvalue weighted by atomic mass is 10.3. The Kier molecular flexibility index (Phi) is 2.76. The summed E-state index contributed by atoms with van der Waals surface area (Å²) in [5, 5.41) is 3.13. The van der Waals surface area contributed by atoms with E-state index < -0.39 is 5.82 Å². The average Bonchev–Trinajstić information content (AvgIpc) is 2.71. The van der Waals surface area contributed by atoms with Gasteiger partial charge >= 0.3 is 0 Å². The molecule has 6 heteroatoms. The van der Waals surface area contributed by atoms with Crippen LogP contribution in [-0.4, -0.2) is 4.98 Å². The van der Waals surface area contributed by atoms with E-state index in [1.54, 1.807) is 24.3 Å². The van der Waals surface area contributed by atoms with Crippen molar-refractivity contribution in [2.45, 2.75) is 0 Å². The molecule has 0 fully saturated rings. The molecule has 96 valence electrons. The number of aromatic nitrogens is 1. The number of anilines is 3. The van der Waals surface area contributed by atoms with Crippen LogP contribution < -0.4 is 11.1 Å². The molecule has 2 aromatic carbocycles. The summed E-state index contributed by atoms with van der Waals surface area (Å²) < 4.78 is 18.7. The largest absolute Gasteiger partial charge is 0.423 e. The van der Waals surface area contributed by atoms with E-state index in [9.17, 15) is 4.39 Å². The summed E-state index contributed by atoms with van der Waals surface area (Å²) >= 11 is 5.77. The summed E-state index contributed by atoms with van der Waals surface area (Å²) in [6.45, 7) is 0. The number of nitrogen functional groups attached to an aromatic ring is 1. The van der Waals surface area contributed by atoms with E-state index in [1.165, 1.54) is 12.1 Å². The van der Waals surface area contributed by atoms with Crippen molar-refractivity contribution in [1.29, 1.82) is 0 Å². The molecule has 1 aromatic heterocycles. The van der Waals surface area contributed by atoms with Crippen molar-refractivity contribution < 1.29 is 8.81 Å². The van der Waals surface area contributed by atoms with Gasteiger partial charge in [0.15, 0.2) is 5.58 Å². The van der Waals surface area contributed by atoms with E-state index in [0.29, 0.717) is 22.5 Å². The molecule has 3 aromatic rings. The quantitative estimate of drug-likeness (QED) is 0.696. The van der Waals surface area contributed by atoms with Gasteiger partial charge in [-0.05, 0) is 30.3 Å². The summed E-state index contributed by atoms with van der Waals surface area (Å²) in [5.74, 6) is -0.439. The molecule has 0 saturated carbocycles. The van der Waals surface area contributed by atoms with Crippen molar-refractivity contribution in [2.24, 2.45) is 0 Å². The number of rotatable bonds is 2. The summed E-state index contributed by atoms with van der Waals surface area (Å²) in [4.78, 5) is 4.20. The summed E-state index contributed by atoms with van der Waals surface area (Å²) in [6, 6.07) is 9.57. The van der Waals surface area contributed by atoms with Crippen LogP contribution in [0.25, 0.3) is 11.1 Å². The summed E-state index contributed by atoms with van der Waals surface area (Å²) in [5.41, 5.74) is 7.88. The lowest BCUT2D eigenvalue weighted by Gasteiger charge is -2.02. The fraction of sp³-hybridized carbons (Fsp3) is 0. The fourth-order valence-electron chi connectivity index (χ4n) is 1.77. The minimum absolute atomic E-state index is 0.231. The zero-order chi connectivity index (χ0) is 13.4. The molecule has 19 heavy (non-hydrogen) atoms. The maximum absolute atomic E-state index is 13.2. The number of oxazole rings is 1. The third-order valence-corrected chi connectivity index (χ3v) is 2.78. The number of fused-ring (bicyclic) bond motifs is 1. The smallest absolute Gasteiger partial charge is 0.300 e. The molecule has 3 N–H and O–H groups in total. The maximum Gasteiger partial charge on any atom is 0.300 e. The minimum Gasteiger partial charge on any atom is -0.423 e. The van der Waals surface area contributed by atoms with Crippen LogP contribution in [0.15, 0.2) is 40.8 Å². The number of para-hydroxylation sites is 1. The molecule has 0 aliphatic carbocycles. The van der Waals surface area contributed by atoms with E-state index in [4.69, 9.17) is 21.8 Å². The van der Waals surface area contributed by atoms with Crippen LogP contribution in [0.5, 0.6) is 0 Å². The van der Waals surface area contributed by atoms with Crippen LogP contribution in [0.1, 0.15) is 0 Å². The zero-order valence-corrected chi connectivity index (χ0v) is 10.4. The maximum atomic E-state index is 13.2. The number of nitrogens with one attached hydrogen (secondary N) is 1. The lowest BCUT2D eigenvalue weighted by Crippen LogP contribution is -1.91. The molecule has 1 heterocycles. The van der Waals surface area contributed by atoms with Crippen LogP contribution in [0.3, 0.4) is 0 Å². The predicted molar refractivity (Wildman–Crippen MR) is 73.1 cm³/mol. The minimum atomic E-state index is -0.439. The Labute approximate surface area is 113 Å². The normalized spacial score (nSPS) is 10.8. The highest BCUT2D eigenvalue weighted by molar-refractivity contribution is 6.30.